The molecule has 0 aromatic carbocycles. The third-order valence-corrected chi connectivity index (χ3v) is 3.62. The fraction of sp³-hybridized carbons (Fsp3) is 1.00. The number of hydrogen-bond donors (Lipinski definition) is 1. The lowest BCUT2D eigenvalue weighted by Gasteiger charge is -2.43. The van der Waals surface area contributed by atoms with E-state index in [9.17, 15) is 0 Å². The molecule has 96 valence electrons. The van der Waals surface area contributed by atoms with E-state index < -0.39 is 0 Å². The lowest BCUT2D eigenvalue weighted by Crippen LogP contribution is -2.56. The Morgan fingerprint density at radius 2 is 1.88 bits per heavy atom. The van der Waals surface area contributed by atoms with E-state index in [1.54, 1.807) is 7.11 Å². The summed E-state index contributed by atoms with van der Waals surface area (Å²) in [6.45, 7) is 8.57. The van der Waals surface area contributed by atoms with Crippen molar-refractivity contribution in [2.45, 2.75) is 38.4 Å². The number of methoxy groups -OCH3 is 1. The Hall–Kier alpha value is -0.160. The first-order chi connectivity index (χ1) is 7.54. The molecule has 0 aliphatic carbocycles. The second kappa shape index (κ2) is 6.55. The summed E-state index contributed by atoms with van der Waals surface area (Å²) in [4.78, 5) is 4.92. The van der Waals surface area contributed by atoms with Crippen molar-refractivity contribution in [3.05, 3.63) is 0 Å². The monoisotopic (exact) mass is 229 g/mol. The van der Waals surface area contributed by atoms with Crippen LogP contribution in [0.4, 0.5) is 0 Å². The molecule has 16 heavy (non-hydrogen) atoms. The van der Waals surface area contributed by atoms with E-state index in [1.165, 1.54) is 0 Å². The van der Waals surface area contributed by atoms with E-state index in [0.29, 0.717) is 12.1 Å². The summed E-state index contributed by atoms with van der Waals surface area (Å²) in [5.41, 5.74) is 6.08. The summed E-state index contributed by atoms with van der Waals surface area (Å²) >= 11 is 0. The summed E-state index contributed by atoms with van der Waals surface area (Å²) in [6.07, 6.45) is 0.950. The summed E-state index contributed by atoms with van der Waals surface area (Å²) in [5, 5.41) is 0. The summed E-state index contributed by atoms with van der Waals surface area (Å²) in [6, 6.07) is 1.49. The second-order valence-electron chi connectivity index (χ2n) is 5.12. The van der Waals surface area contributed by atoms with Crippen LogP contribution in [0.2, 0.25) is 0 Å². The zero-order valence-corrected chi connectivity index (χ0v) is 11.1. The molecule has 4 nitrogen and oxygen atoms in total. The van der Waals surface area contributed by atoms with Gasteiger partial charge in [0.05, 0.1) is 0 Å². The first-order valence-electron chi connectivity index (χ1n) is 6.23. The van der Waals surface area contributed by atoms with Crippen molar-refractivity contribution in [1.82, 2.24) is 9.80 Å². The SMILES string of the molecule is COCCC(N)CN1CC(C)N(C)C(C)C1. The zero-order chi connectivity index (χ0) is 12.1. The smallest absolute Gasteiger partial charge is 0.0477 e. The van der Waals surface area contributed by atoms with Crippen LogP contribution in [0.1, 0.15) is 20.3 Å². The second-order valence-corrected chi connectivity index (χ2v) is 5.12. The Morgan fingerprint density at radius 3 is 2.38 bits per heavy atom. The predicted octanol–water partition coefficient (Wildman–Crippen LogP) is 0.375. The number of ether oxygens (including phenoxy) is 1. The molecule has 1 heterocycles. The van der Waals surface area contributed by atoms with E-state index in [0.717, 1.165) is 32.7 Å². The minimum absolute atomic E-state index is 0.239. The molecule has 0 amide bonds. The number of piperazine rings is 1. The Morgan fingerprint density at radius 1 is 1.31 bits per heavy atom. The van der Waals surface area contributed by atoms with E-state index >= 15 is 0 Å². The molecule has 2 N–H and O–H groups in total. The first kappa shape index (κ1) is 13.9. The Balaban J connectivity index is 2.32. The Bertz CT molecular complexity index is 189. The van der Waals surface area contributed by atoms with Crippen LogP contribution < -0.4 is 5.73 Å². The summed E-state index contributed by atoms with van der Waals surface area (Å²) in [5.74, 6) is 0. The summed E-state index contributed by atoms with van der Waals surface area (Å²) in [7, 11) is 3.93. The van der Waals surface area contributed by atoms with Crippen molar-refractivity contribution in [3.63, 3.8) is 0 Å². The minimum atomic E-state index is 0.239. The molecule has 1 saturated heterocycles. The molecule has 0 aromatic rings. The topological polar surface area (TPSA) is 41.7 Å². The number of rotatable bonds is 5. The largest absolute Gasteiger partial charge is 0.385 e. The van der Waals surface area contributed by atoms with Gasteiger partial charge in [0, 0.05) is 51.5 Å². The van der Waals surface area contributed by atoms with Crippen molar-refractivity contribution in [1.29, 1.82) is 0 Å². The standard InChI is InChI=1S/C12H27N3O/c1-10-7-15(8-11(2)14(10)3)9-12(13)5-6-16-4/h10-12H,5-9,13H2,1-4H3. The van der Waals surface area contributed by atoms with Crippen LogP contribution in [0.3, 0.4) is 0 Å². The molecular weight excluding hydrogens is 202 g/mol. The highest BCUT2D eigenvalue weighted by Gasteiger charge is 2.26. The minimum Gasteiger partial charge on any atom is -0.385 e. The van der Waals surface area contributed by atoms with Crippen molar-refractivity contribution in [2.75, 3.05) is 40.4 Å². The van der Waals surface area contributed by atoms with Crippen LogP contribution in [-0.4, -0.2) is 68.3 Å². The number of hydrogen-bond acceptors (Lipinski definition) is 4. The predicted molar refractivity (Wildman–Crippen MR) is 67.6 cm³/mol. The lowest BCUT2D eigenvalue weighted by atomic mass is 10.1. The maximum atomic E-state index is 6.08. The highest BCUT2D eigenvalue weighted by molar-refractivity contribution is 4.84. The van der Waals surface area contributed by atoms with Gasteiger partial charge in [-0.15, -0.1) is 0 Å². The van der Waals surface area contributed by atoms with Gasteiger partial charge in [0.1, 0.15) is 0 Å². The van der Waals surface area contributed by atoms with Crippen LogP contribution in [0.15, 0.2) is 0 Å². The average Bonchev–Trinajstić information content (AvgIpc) is 2.23. The molecule has 0 spiro atoms. The van der Waals surface area contributed by atoms with Gasteiger partial charge in [0.2, 0.25) is 0 Å². The van der Waals surface area contributed by atoms with Gasteiger partial charge in [-0.2, -0.15) is 0 Å². The van der Waals surface area contributed by atoms with E-state index in [1.807, 2.05) is 0 Å². The zero-order valence-electron chi connectivity index (χ0n) is 11.1. The third-order valence-electron chi connectivity index (χ3n) is 3.62. The van der Waals surface area contributed by atoms with Gasteiger partial charge in [-0.25, -0.2) is 0 Å². The van der Waals surface area contributed by atoms with E-state index in [2.05, 4.69) is 30.7 Å². The fourth-order valence-corrected chi connectivity index (χ4v) is 2.36. The van der Waals surface area contributed by atoms with Gasteiger partial charge in [0.15, 0.2) is 0 Å². The van der Waals surface area contributed by atoms with Crippen LogP contribution in [0, 0.1) is 0 Å². The van der Waals surface area contributed by atoms with Crippen molar-refractivity contribution >= 4 is 0 Å². The van der Waals surface area contributed by atoms with Crippen LogP contribution in [-0.2, 0) is 4.74 Å². The molecule has 0 bridgehead atoms. The van der Waals surface area contributed by atoms with Gasteiger partial charge in [-0.1, -0.05) is 0 Å². The average molecular weight is 229 g/mol. The molecule has 0 radical (unpaired) electrons. The Kier molecular flexibility index (Phi) is 5.69. The molecule has 4 heteroatoms. The van der Waals surface area contributed by atoms with Gasteiger partial charge in [0.25, 0.3) is 0 Å². The van der Waals surface area contributed by atoms with Crippen molar-refractivity contribution < 1.29 is 4.74 Å². The molecule has 3 atom stereocenters. The molecule has 1 aliphatic heterocycles. The summed E-state index contributed by atoms with van der Waals surface area (Å²) < 4.78 is 5.05. The molecule has 1 fully saturated rings. The van der Waals surface area contributed by atoms with E-state index in [-0.39, 0.29) is 6.04 Å². The third kappa shape index (κ3) is 4.01. The molecule has 1 rings (SSSR count). The fourth-order valence-electron chi connectivity index (χ4n) is 2.36. The molecule has 3 unspecified atom stereocenters. The van der Waals surface area contributed by atoms with Gasteiger partial charge < -0.3 is 10.5 Å². The highest BCUT2D eigenvalue weighted by Crippen LogP contribution is 2.13. The van der Waals surface area contributed by atoms with Crippen LogP contribution in [0.25, 0.3) is 0 Å². The van der Waals surface area contributed by atoms with E-state index in [4.69, 9.17) is 10.5 Å². The highest BCUT2D eigenvalue weighted by atomic mass is 16.5. The maximum Gasteiger partial charge on any atom is 0.0477 e. The maximum absolute atomic E-state index is 6.08. The first-order valence-corrected chi connectivity index (χ1v) is 6.23. The molecule has 0 saturated carbocycles. The van der Waals surface area contributed by atoms with Gasteiger partial charge in [-0.05, 0) is 27.3 Å². The number of nitrogens with zero attached hydrogens (tertiary/aromatic N) is 2. The lowest BCUT2D eigenvalue weighted by molar-refractivity contribution is 0.0543. The molecule has 0 aromatic heterocycles. The van der Waals surface area contributed by atoms with Crippen LogP contribution >= 0.6 is 0 Å². The van der Waals surface area contributed by atoms with Crippen molar-refractivity contribution in [3.8, 4) is 0 Å². The van der Waals surface area contributed by atoms with Gasteiger partial charge >= 0.3 is 0 Å². The normalized spacial score (nSPS) is 30.6. The van der Waals surface area contributed by atoms with Gasteiger partial charge in [-0.3, -0.25) is 9.80 Å². The Labute approximate surface area is 99.7 Å². The molecule has 1 aliphatic rings. The quantitative estimate of drug-likeness (QED) is 0.740. The van der Waals surface area contributed by atoms with Crippen LogP contribution in [0.5, 0.6) is 0 Å². The number of nitrogens with two attached hydrogens (primary N) is 1. The molecular formula is C12H27N3O. The van der Waals surface area contributed by atoms with Crippen molar-refractivity contribution in [2.24, 2.45) is 5.73 Å². The number of likely N-dealkylation sites (N-methyl/N-ethyl adjacent to an activating group) is 1.